The molecule has 0 fully saturated rings. The number of carbonyl (C=O) groups is 2. The van der Waals surface area contributed by atoms with E-state index in [2.05, 4.69) is 18.7 Å². The average Bonchev–Trinajstić information content (AvgIpc) is 2.53. The largest absolute Gasteiger partial charge is 0.366 e. The predicted octanol–water partition coefficient (Wildman–Crippen LogP) is 2.54. The summed E-state index contributed by atoms with van der Waals surface area (Å²) in [6, 6.07) is 5.33. The average molecular weight is 333 g/mol. The maximum Gasteiger partial charge on any atom is 0.253 e. The van der Waals surface area contributed by atoms with E-state index in [-0.39, 0.29) is 5.91 Å². The van der Waals surface area contributed by atoms with Crippen LogP contribution in [0.2, 0.25) is 0 Å². The molecule has 0 unspecified atom stereocenters. The Bertz CT molecular complexity index is 550. The Morgan fingerprint density at radius 1 is 0.958 bits per heavy atom. The number of primary amides is 1. The number of amides is 2. The summed E-state index contributed by atoms with van der Waals surface area (Å²) in [5, 5.41) is 0. The van der Waals surface area contributed by atoms with Crippen molar-refractivity contribution < 1.29 is 9.59 Å². The van der Waals surface area contributed by atoms with Crippen LogP contribution >= 0.6 is 0 Å². The Morgan fingerprint density at radius 2 is 1.54 bits per heavy atom. The van der Waals surface area contributed by atoms with E-state index in [4.69, 9.17) is 5.73 Å². The number of hydrogen-bond donors (Lipinski definition) is 1. The predicted molar refractivity (Wildman–Crippen MR) is 98.3 cm³/mol. The molecule has 0 saturated heterocycles. The molecule has 24 heavy (non-hydrogen) atoms. The van der Waals surface area contributed by atoms with Crippen molar-refractivity contribution in [2.24, 2.45) is 5.73 Å². The van der Waals surface area contributed by atoms with Gasteiger partial charge in [-0.25, -0.2) is 0 Å². The summed E-state index contributed by atoms with van der Waals surface area (Å²) in [5.41, 5.74) is 7.41. The molecule has 2 amide bonds. The first-order valence-electron chi connectivity index (χ1n) is 8.76. The second-order valence-corrected chi connectivity index (χ2v) is 6.48. The molecular formula is C19H31N3O2. The first-order chi connectivity index (χ1) is 11.4. The molecule has 2 N–H and O–H groups in total. The third-order valence-electron chi connectivity index (χ3n) is 3.87. The monoisotopic (exact) mass is 333 g/mol. The Kier molecular flexibility index (Phi) is 8.47. The quantitative estimate of drug-likeness (QED) is 0.715. The van der Waals surface area contributed by atoms with Crippen LogP contribution in [-0.4, -0.2) is 55.3 Å². The summed E-state index contributed by atoms with van der Waals surface area (Å²) in [4.78, 5) is 28.4. The standard InChI is InChI=1S/C19H31N3O2/c1-5-9-22(10-6-2)19(24)17-13-15(8-7-11-21(3)4)12-16(14-17)18(20)23/h12-14H,5-11H2,1-4H3,(H2,20,23). The van der Waals surface area contributed by atoms with Crippen LogP contribution in [0.25, 0.3) is 0 Å². The molecule has 0 aliphatic carbocycles. The number of nitrogens with two attached hydrogens (primary N) is 1. The van der Waals surface area contributed by atoms with Crippen LogP contribution in [0.1, 0.15) is 59.4 Å². The van der Waals surface area contributed by atoms with E-state index in [0.29, 0.717) is 11.1 Å². The summed E-state index contributed by atoms with van der Waals surface area (Å²) >= 11 is 0. The van der Waals surface area contributed by atoms with E-state index in [1.54, 1.807) is 12.1 Å². The van der Waals surface area contributed by atoms with E-state index in [0.717, 1.165) is 50.9 Å². The molecule has 5 nitrogen and oxygen atoms in total. The Morgan fingerprint density at radius 3 is 2.04 bits per heavy atom. The number of rotatable bonds is 10. The summed E-state index contributed by atoms with van der Waals surface area (Å²) in [6.45, 7) is 6.53. The summed E-state index contributed by atoms with van der Waals surface area (Å²) in [7, 11) is 4.06. The molecule has 134 valence electrons. The molecule has 1 aromatic carbocycles. The molecular weight excluding hydrogens is 302 g/mol. The number of carbonyl (C=O) groups excluding carboxylic acids is 2. The summed E-state index contributed by atoms with van der Waals surface area (Å²) < 4.78 is 0. The van der Waals surface area contributed by atoms with E-state index >= 15 is 0 Å². The third kappa shape index (κ3) is 6.32. The van der Waals surface area contributed by atoms with Crippen LogP contribution < -0.4 is 5.73 Å². The Hall–Kier alpha value is -1.88. The Balaban J connectivity index is 3.04. The molecule has 1 aromatic rings. The van der Waals surface area contributed by atoms with Crippen LogP contribution in [-0.2, 0) is 6.42 Å². The summed E-state index contributed by atoms with van der Waals surface area (Å²) in [6.07, 6.45) is 3.62. The highest BCUT2D eigenvalue weighted by Gasteiger charge is 2.17. The van der Waals surface area contributed by atoms with Gasteiger partial charge in [0.25, 0.3) is 5.91 Å². The van der Waals surface area contributed by atoms with E-state index in [1.807, 2.05) is 25.1 Å². The van der Waals surface area contributed by atoms with E-state index < -0.39 is 5.91 Å². The number of aryl methyl sites for hydroxylation is 1. The molecule has 0 aromatic heterocycles. The van der Waals surface area contributed by atoms with Crippen LogP contribution in [0.15, 0.2) is 18.2 Å². The van der Waals surface area contributed by atoms with Crippen molar-refractivity contribution >= 4 is 11.8 Å². The molecule has 0 spiro atoms. The fourth-order valence-corrected chi connectivity index (χ4v) is 2.74. The van der Waals surface area contributed by atoms with Crippen LogP contribution in [0.5, 0.6) is 0 Å². The van der Waals surface area contributed by atoms with Crippen molar-refractivity contribution in [3.8, 4) is 0 Å². The van der Waals surface area contributed by atoms with Gasteiger partial charge in [-0.2, -0.15) is 0 Å². The smallest absolute Gasteiger partial charge is 0.253 e. The lowest BCUT2D eigenvalue weighted by atomic mass is 10.0. The fraction of sp³-hybridized carbons (Fsp3) is 0.579. The van der Waals surface area contributed by atoms with Crippen LogP contribution in [0.3, 0.4) is 0 Å². The molecule has 0 radical (unpaired) electrons. The third-order valence-corrected chi connectivity index (χ3v) is 3.87. The fourth-order valence-electron chi connectivity index (χ4n) is 2.74. The first-order valence-corrected chi connectivity index (χ1v) is 8.76. The van der Waals surface area contributed by atoms with Gasteiger partial charge in [0.2, 0.25) is 5.91 Å². The van der Waals surface area contributed by atoms with Crippen LogP contribution in [0.4, 0.5) is 0 Å². The molecule has 0 saturated carbocycles. The van der Waals surface area contributed by atoms with Crippen molar-refractivity contribution in [3.05, 3.63) is 34.9 Å². The zero-order chi connectivity index (χ0) is 18.1. The van der Waals surface area contributed by atoms with E-state index in [9.17, 15) is 9.59 Å². The molecule has 0 heterocycles. The van der Waals surface area contributed by atoms with Gasteiger partial charge in [-0.3, -0.25) is 9.59 Å². The SMILES string of the molecule is CCCN(CCC)C(=O)c1cc(CCCN(C)C)cc(C(N)=O)c1. The molecule has 0 bridgehead atoms. The van der Waals surface area contributed by atoms with Crippen molar-refractivity contribution in [2.75, 3.05) is 33.7 Å². The van der Waals surface area contributed by atoms with Gasteiger partial charge in [-0.05, 0) is 70.1 Å². The highest BCUT2D eigenvalue weighted by molar-refractivity contribution is 5.99. The first kappa shape index (κ1) is 20.2. The van der Waals surface area contributed by atoms with Gasteiger partial charge in [-0.1, -0.05) is 13.8 Å². The molecule has 1 rings (SSSR count). The molecule has 0 atom stereocenters. The molecule has 5 heteroatoms. The topological polar surface area (TPSA) is 66.6 Å². The lowest BCUT2D eigenvalue weighted by Gasteiger charge is -2.22. The normalized spacial score (nSPS) is 10.9. The minimum atomic E-state index is -0.490. The number of nitrogens with zero attached hydrogens (tertiary/aromatic N) is 2. The molecule has 0 aliphatic rings. The van der Waals surface area contributed by atoms with Gasteiger partial charge >= 0.3 is 0 Å². The van der Waals surface area contributed by atoms with Gasteiger partial charge in [0, 0.05) is 24.2 Å². The zero-order valence-electron chi connectivity index (χ0n) is 15.5. The lowest BCUT2D eigenvalue weighted by Crippen LogP contribution is -2.32. The maximum atomic E-state index is 12.8. The van der Waals surface area contributed by atoms with Gasteiger partial charge in [-0.15, -0.1) is 0 Å². The highest BCUT2D eigenvalue weighted by Crippen LogP contribution is 2.15. The highest BCUT2D eigenvalue weighted by atomic mass is 16.2. The van der Waals surface area contributed by atoms with Crippen molar-refractivity contribution in [1.82, 2.24) is 9.80 Å². The van der Waals surface area contributed by atoms with Crippen molar-refractivity contribution in [3.63, 3.8) is 0 Å². The van der Waals surface area contributed by atoms with Crippen molar-refractivity contribution in [2.45, 2.75) is 39.5 Å². The number of benzene rings is 1. The maximum absolute atomic E-state index is 12.8. The minimum absolute atomic E-state index is 0.0179. The number of hydrogen-bond acceptors (Lipinski definition) is 3. The van der Waals surface area contributed by atoms with Crippen molar-refractivity contribution in [1.29, 1.82) is 0 Å². The van der Waals surface area contributed by atoms with Gasteiger partial charge in [0.1, 0.15) is 0 Å². The second-order valence-electron chi connectivity index (χ2n) is 6.48. The zero-order valence-corrected chi connectivity index (χ0v) is 15.5. The van der Waals surface area contributed by atoms with E-state index in [1.165, 1.54) is 0 Å². The lowest BCUT2D eigenvalue weighted by molar-refractivity contribution is 0.0755. The van der Waals surface area contributed by atoms with Crippen LogP contribution in [0, 0.1) is 0 Å². The van der Waals surface area contributed by atoms with Gasteiger partial charge in [0.15, 0.2) is 0 Å². The second kappa shape index (κ2) is 10.1. The Labute approximate surface area is 145 Å². The van der Waals surface area contributed by atoms with Gasteiger partial charge in [0.05, 0.1) is 0 Å². The summed E-state index contributed by atoms with van der Waals surface area (Å²) in [5.74, 6) is -0.508. The molecule has 0 aliphatic heterocycles. The van der Waals surface area contributed by atoms with Gasteiger partial charge < -0.3 is 15.5 Å². The minimum Gasteiger partial charge on any atom is -0.366 e.